The highest BCUT2D eigenvalue weighted by atomic mass is 35.5. The second kappa shape index (κ2) is 8.00. The first kappa shape index (κ1) is 19.9. The third-order valence-corrected chi connectivity index (χ3v) is 4.49. The molecule has 0 fully saturated rings. The monoisotopic (exact) mass is 412 g/mol. The zero-order valence-corrected chi connectivity index (χ0v) is 16.3. The Hall–Kier alpha value is -3.89. The van der Waals surface area contributed by atoms with E-state index in [-0.39, 0.29) is 28.8 Å². The number of ether oxygens (including phenoxy) is 2. The summed E-state index contributed by atoms with van der Waals surface area (Å²) >= 11 is 6.40. The van der Waals surface area contributed by atoms with Crippen LogP contribution in [0.4, 0.5) is 17.3 Å². The maximum atomic E-state index is 9.40. The van der Waals surface area contributed by atoms with Gasteiger partial charge >= 0.3 is 0 Å². The number of aromatic nitrogens is 1. The van der Waals surface area contributed by atoms with Crippen molar-refractivity contribution in [3.63, 3.8) is 0 Å². The minimum Gasteiger partial charge on any atom is -0.493 e. The maximum Gasteiger partial charge on any atom is 0.211 e. The molecular weight excluding hydrogens is 396 g/mol. The number of fused-ring (bicyclic) bond motifs is 1. The van der Waals surface area contributed by atoms with Crippen molar-refractivity contribution in [2.45, 2.75) is 13.0 Å². The summed E-state index contributed by atoms with van der Waals surface area (Å²) in [5.74, 6) is 1.19. The first-order valence-electron chi connectivity index (χ1n) is 8.44. The van der Waals surface area contributed by atoms with Crippen LogP contribution in [0, 0.1) is 22.8 Å². The predicted molar refractivity (Wildman–Crippen MR) is 109 cm³/mol. The van der Waals surface area contributed by atoms with Gasteiger partial charge in [-0.3, -0.25) is 5.32 Å². The van der Waals surface area contributed by atoms with Crippen molar-refractivity contribution in [1.82, 2.24) is 10.3 Å². The SMILES string of the molecule is CCOc1c(Cl)cc(C2N=C(NC#N)Nc3nc(N)c(C#N)c(N)c32)cc1OC. The molecule has 3 rings (SSSR count). The Kier molecular flexibility index (Phi) is 5.48. The Morgan fingerprint density at radius 1 is 1.34 bits per heavy atom. The van der Waals surface area contributed by atoms with Crippen LogP contribution in [-0.4, -0.2) is 24.7 Å². The lowest BCUT2D eigenvalue weighted by Crippen LogP contribution is -2.32. The number of nitrogens with one attached hydrogen (secondary N) is 2. The quantitative estimate of drug-likeness (QED) is 0.434. The van der Waals surface area contributed by atoms with Gasteiger partial charge in [-0.2, -0.15) is 10.5 Å². The molecule has 0 radical (unpaired) electrons. The minimum absolute atomic E-state index is 0.0319. The Bertz CT molecular complexity index is 1090. The van der Waals surface area contributed by atoms with Crippen LogP contribution in [0.5, 0.6) is 11.5 Å². The zero-order valence-electron chi connectivity index (χ0n) is 15.6. The molecule has 0 amide bonds. The second-order valence-electron chi connectivity index (χ2n) is 5.87. The number of nitrogen functional groups attached to an aromatic ring is 2. The molecule has 1 unspecified atom stereocenters. The molecule has 1 aliphatic heterocycles. The first-order chi connectivity index (χ1) is 13.9. The lowest BCUT2D eigenvalue weighted by atomic mass is 9.95. The van der Waals surface area contributed by atoms with E-state index in [4.69, 9.17) is 37.8 Å². The van der Waals surface area contributed by atoms with E-state index in [2.05, 4.69) is 20.6 Å². The Morgan fingerprint density at radius 2 is 2.10 bits per heavy atom. The van der Waals surface area contributed by atoms with Gasteiger partial charge in [-0.05, 0) is 24.6 Å². The van der Waals surface area contributed by atoms with E-state index in [1.54, 1.807) is 18.3 Å². The van der Waals surface area contributed by atoms with Crippen LogP contribution in [0.1, 0.15) is 29.7 Å². The lowest BCUT2D eigenvalue weighted by Gasteiger charge is -2.26. The van der Waals surface area contributed by atoms with Crippen molar-refractivity contribution in [3.05, 3.63) is 33.8 Å². The molecule has 11 heteroatoms. The maximum absolute atomic E-state index is 9.40. The molecule has 10 nitrogen and oxygen atoms in total. The summed E-state index contributed by atoms with van der Waals surface area (Å²) in [6, 6.07) is 4.58. The molecule has 148 valence electrons. The van der Waals surface area contributed by atoms with E-state index in [9.17, 15) is 5.26 Å². The summed E-state index contributed by atoms with van der Waals surface area (Å²) in [4.78, 5) is 8.70. The highest BCUT2D eigenvalue weighted by molar-refractivity contribution is 6.32. The fourth-order valence-corrected chi connectivity index (χ4v) is 3.28. The van der Waals surface area contributed by atoms with Crippen molar-refractivity contribution in [3.8, 4) is 23.8 Å². The number of guanidine groups is 1. The molecule has 2 heterocycles. The van der Waals surface area contributed by atoms with Gasteiger partial charge in [-0.15, -0.1) is 0 Å². The summed E-state index contributed by atoms with van der Waals surface area (Å²) in [5.41, 5.74) is 13.3. The van der Waals surface area contributed by atoms with Crippen LogP contribution in [0.2, 0.25) is 5.02 Å². The number of nitrogens with two attached hydrogens (primary N) is 2. The first-order valence-corrected chi connectivity index (χ1v) is 8.81. The average Bonchev–Trinajstić information content (AvgIpc) is 2.69. The minimum atomic E-state index is -0.732. The van der Waals surface area contributed by atoms with Gasteiger partial charge in [-0.25, -0.2) is 9.98 Å². The van der Waals surface area contributed by atoms with Crippen molar-refractivity contribution >= 4 is 34.9 Å². The van der Waals surface area contributed by atoms with Crippen molar-refractivity contribution in [2.75, 3.05) is 30.5 Å². The van der Waals surface area contributed by atoms with Gasteiger partial charge in [0, 0.05) is 5.56 Å². The number of nitriles is 2. The summed E-state index contributed by atoms with van der Waals surface area (Å²) in [6.45, 7) is 2.23. The van der Waals surface area contributed by atoms with Crippen molar-refractivity contribution in [1.29, 1.82) is 10.5 Å². The zero-order chi connectivity index (χ0) is 21.1. The van der Waals surface area contributed by atoms with Crippen LogP contribution in [0.25, 0.3) is 0 Å². The number of hydrogen-bond donors (Lipinski definition) is 4. The molecule has 0 bridgehead atoms. The number of rotatable bonds is 4. The van der Waals surface area contributed by atoms with Crippen LogP contribution in [0.3, 0.4) is 0 Å². The molecule has 1 aromatic carbocycles. The van der Waals surface area contributed by atoms with E-state index in [0.717, 1.165) is 0 Å². The molecule has 0 spiro atoms. The normalized spacial score (nSPS) is 14.5. The number of pyridine rings is 1. The second-order valence-corrected chi connectivity index (χ2v) is 6.28. The molecule has 0 saturated carbocycles. The predicted octanol–water partition coefficient (Wildman–Crippen LogP) is 2.12. The third kappa shape index (κ3) is 3.49. The molecule has 0 saturated heterocycles. The highest BCUT2D eigenvalue weighted by Gasteiger charge is 2.30. The molecule has 0 aliphatic carbocycles. The number of halogens is 1. The van der Waals surface area contributed by atoms with Gasteiger partial charge in [-0.1, -0.05) is 11.6 Å². The summed E-state index contributed by atoms with van der Waals surface area (Å²) in [5, 5.41) is 24.0. The number of hydrogen-bond acceptors (Lipinski definition) is 10. The van der Waals surface area contributed by atoms with Gasteiger partial charge in [0.15, 0.2) is 17.7 Å². The van der Waals surface area contributed by atoms with E-state index in [1.165, 1.54) is 7.11 Å². The Balaban J connectivity index is 2.25. The Labute approximate surface area is 171 Å². The molecule has 2 aromatic rings. The molecular formula is C18H17ClN8O2. The van der Waals surface area contributed by atoms with Crippen LogP contribution >= 0.6 is 11.6 Å². The number of methoxy groups -OCH3 is 1. The van der Waals surface area contributed by atoms with Gasteiger partial charge in [0.05, 0.1) is 24.4 Å². The summed E-state index contributed by atoms with van der Waals surface area (Å²) in [7, 11) is 1.49. The van der Waals surface area contributed by atoms with E-state index in [0.29, 0.717) is 34.3 Å². The topological polar surface area (TPSA) is 167 Å². The van der Waals surface area contributed by atoms with Crippen LogP contribution in [0.15, 0.2) is 17.1 Å². The molecule has 6 N–H and O–H groups in total. The van der Waals surface area contributed by atoms with Gasteiger partial charge in [0.1, 0.15) is 29.3 Å². The fraction of sp³-hybridized carbons (Fsp3) is 0.222. The number of benzene rings is 1. The van der Waals surface area contributed by atoms with E-state index in [1.807, 2.05) is 13.0 Å². The summed E-state index contributed by atoms with van der Waals surface area (Å²) in [6.07, 6.45) is 1.80. The van der Waals surface area contributed by atoms with Crippen molar-refractivity contribution < 1.29 is 9.47 Å². The average molecular weight is 413 g/mol. The largest absolute Gasteiger partial charge is 0.493 e. The van der Waals surface area contributed by atoms with E-state index < -0.39 is 6.04 Å². The standard InChI is InChI=1S/C18H17ClN8O2/c1-3-29-15-10(19)4-8(5-11(15)28-2)14-12-13(22)9(6-20)16(23)26-17(12)27-18(25-14)24-7-21/h4-5,14H,3H2,1-2H3,(H6,22,23,24,25,26,27). The lowest BCUT2D eigenvalue weighted by molar-refractivity contribution is 0.311. The smallest absolute Gasteiger partial charge is 0.211 e. The van der Waals surface area contributed by atoms with Crippen molar-refractivity contribution in [2.24, 2.45) is 4.99 Å². The van der Waals surface area contributed by atoms with Crippen LogP contribution in [-0.2, 0) is 0 Å². The van der Waals surface area contributed by atoms with Gasteiger partial charge in [0.25, 0.3) is 0 Å². The van der Waals surface area contributed by atoms with Crippen LogP contribution < -0.4 is 31.6 Å². The number of anilines is 3. The molecule has 1 aliphatic rings. The molecule has 29 heavy (non-hydrogen) atoms. The van der Waals surface area contributed by atoms with Gasteiger partial charge in [0.2, 0.25) is 5.96 Å². The van der Waals surface area contributed by atoms with Gasteiger partial charge < -0.3 is 26.3 Å². The van der Waals surface area contributed by atoms with E-state index >= 15 is 0 Å². The third-order valence-electron chi connectivity index (χ3n) is 4.21. The molecule has 1 aromatic heterocycles. The molecule has 1 atom stereocenters. The number of nitrogens with zero attached hydrogens (tertiary/aromatic N) is 4. The highest BCUT2D eigenvalue weighted by Crippen LogP contribution is 2.44. The Morgan fingerprint density at radius 3 is 2.72 bits per heavy atom. The fourth-order valence-electron chi connectivity index (χ4n) is 3.00. The number of aliphatic imine (C=N–C) groups is 1. The summed E-state index contributed by atoms with van der Waals surface area (Å²) < 4.78 is 11.0.